The molecule has 2 rings (SSSR count). The van der Waals surface area contributed by atoms with Crippen LogP contribution in [-0.4, -0.2) is 19.0 Å². The molecular formula is C16H19N3O2. The average molecular weight is 285 g/mol. The van der Waals surface area contributed by atoms with Crippen molar-refractivity contribution in [3.8, 4) is 0 Å². The molecule has 0 unspecified atom stereocenters. The van der Waals surface area contributed by atoms with Crippen molar-refractivity contribution in [2.24, 2.45) is 0 Å². The summed E-state index contributed by atoms with van der Waals surface area (Å²) in [5.74, 6) is 0. The van der Waals surface area contributed by atoms with Crippen LogP contribution in [0.2, 0.25) is 0 Å². The molecule has 0 bridgehead atoms. The van der Waals surface area contributed by atoms with Gasteiger partial charge in [0.15, 0.2) is 0 Å². The molecule has 0 aliphatic heterocycles. The number of nitrogens with one attached hydrogen (secondary N) is 1. The molecule has 2 aromatic carbocycles. The highest BCUT2D eigenvalue weighted by atomic mass is 16.6. The standard InChI is InChI=1S/C16H19N3O2/c1-12-7-4-5-9-14(12)18(3)11-13-8-6-10-15(19(20)21)16(13)17-2/h4-10,17H,11H2,1-3H3. The summed E-state index contributed by atoms with van der Waals surface area (Å²) < 4.78 is 0. The molecular weight excluding hydrogens is 266 g/mol. The molecule has 110 valence electrons. The van der Waals surface area contributed by atoms with E-state index in [1.165, 1.54) is 11.6 Å². The number of aryl methyl sites for hydroxylation is 1. The van der Waals surface area contributed by atoms with E-state index in [2.05, 4.69) is 23.2 Å². The summed E-state index contributed by atoms with van der Waals surface area (Å²) in [5.41, 5.74) is 3.87. The minimum Gasteiger partial charge on any atom is -0.382 e. The number of anilines is 2. The maximum Gasteiger partial charge on any atom is 0.292 e. The Hall–Kier alpha value is -2.56. The third kappa shape index (κ3) is 3.13. The van der Waals surface area contributed by atoms with Gasteiger partial charge >= 0.3 is 0 Å². The van der Waals surface area contributed by atoms with E-state index in [1.807, 2.05) is 31.3 Å². The molecule has 21 heavy (non-hydrogen) atoms. The highest BCUT2D eigenvalue weighted by Gasteiger charge is 2.17. The molecule has 0 saturated heterocycles. The fraction of sp³-hybridized carbons (Fsp3) is 0.250. The fourth-order valence-electron chi connectivity index (χ4n) is 2.49. The van der Waals surface area contributed by atoms with Crippen LogP contribution in [0.15, 0.2) is 42.5 Å². The van der Waals surface area contributed by atoms with Crippen LogP contribution in [0.25, 0.3) is 0 Å². The van der Waals surface area contributed by atoms with Crippen molar-refractivity contribution in [1.29, 1.82) is 0 Å². The Balaban J connectivity index is 2.34. The van der Waals surface area contributed by atoms with E-state index in [-0.39, 0.29) is 10.6 Å². The van der Waals surface area contributed by atoms with Crippen LogP contribution in [0, 0.1) is 17.0 Å². The molecule has 1 N–H and O–H groups in total. The monoisotopic (exact) mass is 285 g/mol. The SMILES string of the molecule is CNc1c(CN(C)c2ccccc2C)cccc1[N+](=O)[O-]. The van der Waals surface area contributed by atoms with Gasteiger partial charge in [-0.1, -0.05) is 30.3 Å². The van der Waals surface area contributed by atoms with E-state index in [0.717, 1.165) is 11.3 Å². The molecule has 0 saturated carbocycles. The number of nitrogens with zero attached hydrogens (tertiary/aromatic N) is 2. The third-order valence-corrected chi connectivity index (χ3v) is 3.51. The first-order valence-corrected chi connectivity index (χ1v) is 6.75. The molecule has 0 radical (unpaired) electrons. The van der Waals surface area contributed by atoms with E-state index in [1.54, 1.807) is 13.1 Å². The molecule has 2 aromatic rings. The van der Waals surface area contributed by atoms with Crippen LogP contribution in [-0.2, 0) is 6.54 Å². The number of rotatable bonds is 5. The Labute approximate surface area is 124 Å². The Morgan fingerprint density at radius 1 is 1.19 bits per heavy atom. The normalized spacial score (nSPS) is 10.2. The van der Waals surface area contributed by atoms with E-state index in [4.69, 9.17) is 0 Å². The van der Waals surface area contributed by atoms with Gasteiger partial charge in [0.05, 0.1) is 4.92 Å². The van der Waals surface area contributed by atoms with Crippen molar-refractivity contribution < 1.29 is 4.92 Å². The summed E-state index contributed by atoms with van der Waals surface area (Å²) in [6.07, 6.45) is 0. The van der Waals surface area contributed by atoms with Crippen molar-refractivity contribution >= 4 is 17.1 Å². The van der Waals surface area contributed by atoms with Crippen LogP contribution < -0.4 is 10.2 Å². The maximum atomic E-state index is 11.1. The number of hydrogen-bond acceptors (Lipinski definition) is 4. The van der Waals surface area contributed by atoms with Gasteiger partial charge in [-0.3, -0.25) is 10.1 Å². The number of para-hydroxylation sites is 2. The fourth-order valence-corrected chi connectivity index (χ4v) is 2.49. The van der Waals surface area contributed by atoms with E-state index < -0.39 is 0 Å². The Bertz CT molecular complexity index is 656. The highest BCUT2D eigenvalue weighted by molar-refractivity contribution is 5.67. The van der Waals surface area contributed by atoms with Crippen molar-refractivity contribution in [3.63, 3.8) is 0 Å². The lowest BCUT2D eigenvalue weighted by atomic mass is 10.1. The average Bonchev–Trinajstić information content (AvgIpc) is 2.47. The summed E-state index contributed by atoms with van der Waals surface area (Å²) in [7, 11) is 3.69. The topological polar surface area (TPSA) is 58.4 Å². The molecule has 0 spiro atoms. The maximum absolute atomic E-state index is 11.1. The molecule has 5 nitrogen and oxygen atoms in total. The van der Waals surface area contributed by atoms with Crippen molar-refractivity contribution in [2.75, 3.05) is 24.3 Å². The Kier molecular flexibility index (Phi) is 4.42. The predicted octanol–water partition coefficient (Wildman–Crippen LogP) is 3.58. The van der Waals surface area contributed by atoms with E-state index in [0.29, 0.717) is 12.2 Å². The smallest absolute Gasteiger partial charge is 0.292 e. The molecule has 0 aliphatic rings. The second-order valence-corrected chi connectivity index (χ2v) is 4.96. The summed E-state index contributed by atoms with van der Waals surface area (Å²) in [5, 5.41) is 14.0. The van der Waals surface area contributed by atoms with E-state index >= 15 is 0 Å². The largest absolute Gasteiger partial charge is 0.382 e. The summed E-state index contributed by atoms with van der Waals surface area (Å²) in [6.45, 7) is 2.65. The second-order valence-electron chi connectivity index (χ2n) is 4.96. The molecule has 0 aromatic heterocycles. The molecule has 0 amide bonds. The van der Waals surface area contributed by atoms with Gasteiger partial charge in [-0.05, 0) is 18.6 Å². The predicted molar refractivity (Wildman–Crippen MR) is 85.9 cm³/mol. The summed E-state index contributed by atoms with van der Waals surface area (Å²) in [6, 6.07) is 13.2. The van der Waals surface area contributed by atoms with Crippen molar-refractivity contribution in [1.82, 2.24) is 0 Å². The van der Waals surface area contributed by atoms with Crippen LogP contribution in [0.3, 0.4) is 0 Å². The van der Waals surface area contributed by atoms with Crippen LogP contribution in [0.5, 0.6) is 0 Å². The second kappa shape index (κ2) is 6.26. The molecule has 0 atom stereocenters. The highest BCUT2D eigenvalue weighted by Crippen LogP contribution is 2.30. The van der Waals surface area contributed by atoms with Gasteiger partial charge in [-0.25, -0.2) is 0 Å². The quantitative estimate of drug-likeness (QED) is 0.674. The van der Waals surface area contributed by atoms with Crippen molar-refractivity contribution in [2.45, 2.75) is 13.5 Å². The molecule has 0 fully saturated rings. The Morgan fingerprint density at radius 3 is 2.52 bits per heavy atom. The van der Waals surface area contributed by atoms with Crippen LogP contribution in [0.1, 0.15) is 11.1 Å². The van der Waals surface area contributed by atoms with E-state index in [9.17, 15) is 10.1 Å². The minimum absolute atomic E-state index is 0.105. The molecule has 0 heterocycles. The van der Waals surface area contributed by atoms with Gasteiger partial charge in [0.25, 0.3) is 5.69 Å². The summed E-state index contributed by atoms with van der Waals surface area (Å²) >= 11 is 0. The minimum atomic E-state index is -0.358. The number of benzene rings is 2. The van der Waals surface area contributed by atoms with Crippen LogP contribution in [0.4, 0.5) is 17.1 Å². The number of hydrogen-bond donors (Lipinski definition) is 1. The van der Waals surface area contributed by atoms with Gasteiger partial charge in [0.2, 0.25) is 0 Å². The lowest BCUT2D eigenvalue weighted by molar-refractivity contribution is -0.384. The van der Waals surface area contributed by atoms with Crippen molar-refractivity contribution in [3.05, 3.63) is 63.7 Å². The lowest BCUT2D eigenvalue weighted by Gasteiger charge is -2.22. The van der Waals surface area contributed by atoms with Gasteiger partial charge in [-0.2, -0.15) is 0 Å². The number of nitro groups is 1. The van der Waals surface area contributed by atoms with Crippen LogP contribution >= 0.6 is 0 Å². The first-order chi connectivity index (χ1) is 10.0. The molecule has 5 heteroatoms. The van der Waals surface area contributed by atoms with Gasteiger partial charge in [0.1, 0.15) is 5.69 Å². The Morgan fingerprint density at radius 2 is 1.90 bits per heavy atom. The van der Waals surface area contributed by atoms with Gasteiger partial charge in [-0.15, -0.1) is 0 Å². The van der Waals surface area contributed by atoms with Gasteiger partial charge in [0, 0.05) is 38.0 Å². The lowest BCUT2D eigenvalue weighted by Crippen LogP contribution is -2.18. The zero-order valence-corrected chi connectivity index (χ0v) is 12.5. The number of nitro benzene ring substituents is 1. The first-order valence-electron chi connectivity index (χ1n) is 6.75. The third-order valence-electron chi connectivity index (χ3n) is 3.51. The zero-order valence-electron chi connectivity index (χ0n) is 12.5. The van der Waals surface area contributed by atoms with Gasteiger partial charge < -0.3 is 10.2 Å². The first kappa shape index (κ1) is 14.8. The molecule has 0 aliphatic carbocycles. The zero-order chi connectivity index (χ0) is 15.4. The summed E-state index contributed by atoms with van der Waals surface area (Å²) in [4.78, 5) is 12.8.